The lowest BCUT2D eigenvalue weighted by molar-refractivity contribution is 0.0717. The maximum atomic E-state index is 12.8. The molecule has 1 aliphatic rings. The van der Waals surface area contributed by atoms with Gasteiger partial charge in [0.15, 0.2) is 0 Å². The van der Waals surface area contributed by atoms with E-state index in [1.54, 1.807) is 18.2 Å². The molecule has 1 aliphatic carbocycles. The second kappa shape index (κ2) is 9.39. The van der Waals surface area contributed by atoms with Gasteiger partial charge in [0.1, 0.15) is 0 Å². The van der Waals surface area contributed by atoms with Gasteiger partial charge in [-0.1, -0.05) is 43.5 Å². The van der Waals surface area contributed by atoms with Crippen molar-refractivity contribution < 1.29 is 14.6 Å². The summed E-state index contributed by atoms with van der Waals surface area (Å²) in [4.78, 5) is 17.2. The molecule has 3 rings (SSSR count). The van der Waals surface area contributed by atoms with Gasteiger partial charge >= 0.3 is 0 Å². The molecular formula is C22H27ClN2O3. The van der Waals surface area contributed by atoms with E-state index in [1.165, 1.54) is 6.20 Å². The third-order valence-electron chi connectivity index (χ3n) is 5.20. The highest BCUT2D eigenvalue weighted by atomic mass is 35.5. The van der Waals surface area contributed by atoms with Crippen LogP contribution in [0.15, 0.2) is 36.5 Å². The molecule has 0 aliphatic heterocycles. The molecule has 0 saturated heterocycles. The van der Waals surface area contributed by atoms with Crippen LogP contribution < -0.4 is 10.1 Å². The largest absolute Gasteiger partial charge is 0.474 e. The van der Waals surface area contributed by atoms with Crippen molar-refractivity contribution in [3.8, 4) is 17.0 Å². The number of aromatic nitrogens is 1. The van der Waals surface area contributed by atoms with E-state index < -0.39 is 6.10 Å². The molecule has 6 heteroatoms. The third-order valence-corrected chi connectivity index (χ3v) is 5.45. The molecule has 1 fully saturated rings. The van der Waals surface area contributed by atoms with E-state index in [1.807, 2.05) is 26.0 Å². The summed E-state index contributed by atoms with van der Waals surface area (Å²) in [6.45, 7) is 4.03. The van der Waals surface area contributed by atoms with Crippen molar-refractivity contribution in [1.82, 2.24) is 10.3 Å². The highest BCUT2D eigenvalue weighted by Gasteiger charge is 2.25. The van der Waals surface area contributed by atoms with Crippen molar-refractivity contribution in [2.45, 2.75) is 64.2 Å². The van der Waals surface area contributed by atoms with E-state index in [-0.39, 0.29) is 18.1 Å². The first kappa shape index (κ1) is 20.6. The number of halogens is 1. The lowest BCUT2D eigenvalue weighted by Gasteiger charge is -2.28. The number of amides is 1. The Labute approximate surface area is 171 Å². The topological polar surface area (TPSA) is 71.5 Å². The molecule has 3 atom stereocenters. The number of pyridine rings is 1. The lowest BCUT2D eigenvalue weighted by Crippen LogP contribution is -2.45. The number of aliphatic hydroxyl groups excluding tert-OH is 1. The summed E-state index contributed by atoms with van der Waals surface area (Å²) < 4.78 is 5.97. The summed E-state index contributed by atoms with van der Waals surface area (Å²) in [6, 6.07) is 8.95. The number of carbonyl (C=O) groups excluding carboxylic acids is 1. The fraction of sp³-hybridized carbons (Fsp3) is 0.455. The fourth-order valence-corrected chi connectivity index (χ4v) is 3.44. The quantitative estimate of drug-likeness (QED) is 0.739. The summed E-state index contributed by atoms with van der Waals surface area (Å²) in [5.41, 5.74) is 2.07. The summed E-state index contributed by atoms with van der Waals surface area (Å²) in [7, 11) is 0. The Morgan fingerprint density at radius 1 is 1.32 bits per heavy atom. The van der Waals surface area contributed by atoms with Gasteiger partial charge in [-0.3, -0.25) is 4.79 Å². The molecule has 2 N–H and O–H groups in total. The zero-order chi connectivity index (χ0) is 20.1. The van der Waals surface area contributed by atoms with Crippen LogP contribution in [0.1, 0.15) is 56.3 Å². The van der Waals surface area contributed by atoms with Crippen LogP contribution in [0.25, 0.3) is 11.1 Å². The number of rotatable bonds is 6. The molecule has 1 aromatic heterocycles. The van der Waals surface area contributed by atoms with Crippen molar-refractivity contribution in [2.24, 2.45) is 0 Å². The summed E-state index contributed by atoms with van der Waals surface area (Å²) >= 11 is 6.01. The molecule has 1 unspecified atom stereocenters. The SMILES string of the molecule is CCC(C)Oc1ncc(C(=O)N[C@@H]2CCCC[C@H]2O)cc1-c1ccc(Cl)cc1. The summed E-state index contributed by atoms with van der Waals surface area (Å²) in [5.74, 6) is 0.259. The summed E-state index contributed by atoms with van der Waals surface area (Å²) in [6.07, 6.45) is 5.42. The van der Waals surface area contributed by atoms with Crippen molar-refractivity contribution in [3.05, 3.63) is 47.1 Å². The average molecular weight is 403 g/mol. The number of benzene rings is 1. The maximum Gasteiger partial charge on any atom is 0.253 e. The van der Waals surface area contributed by atoms with Crippen LogP contribution in [0.3, 0.4) is 0 Å². The molecular weight excluding hydrogens is 376 g/mol. The van der Waals surface area contributed by atoms with Crippen LogP contribution in [0.4, 0.5) is 0 Å². The Bertz CT molecular complexity index is 810. The van der Waals surface area contributed by atoms with Crippen molar-refractivity contribution in [3.63, 3.8) is 0 Å². The molecule has 5 nitrogen and oxygen atoms in total. The molecule has 150 valence electrons. The van der Waals surface area contributed by atoms with E-state index in [4.69, 9.17) is 16.3 Å². The molecule has 0 spiro atoms. The molecule has 28 heavy (non-hydrogen) atoms. The lowest BCUT2D eigenvalue weighted by atomic mass is 9.92. The van der Waals surface area contributed by atoms with Crippen LogP contribution in [-0.2, 0) is 0 Å². The maximum absolute atomic E-state index is 12.8. The zero-order valence-corrected chi connectivity index (χ0v) is 17.1. The molecule has 1 amide bonds. The minimum absolute atomic E-state index is 0.00983. The zero-order valence-electron chi connectivity index (χ0n) is 16.3. The van der Waals surface area contributed by atoms with Gasteiger partial charge in [-0.2, -0.15) is 0 Å². The second-order valence-electron chi connectivity index (χ2n) is 7.35. The van der Waals surface area contributed by atoms with Gasteiger partial charge in [0.25, 0.3) is 5.91 Å². The van der Waals surface area contributed by atoms with Gasteiger partial charge in [-0.05, 0) is 49.9 Å². The molecule has 0 radical (unpaired) electrons. The van der Waals surface area contributed by atoms with Gasteiger partial charge in [0.05, 0.1) is 23.8 Å². The second-order valence-corrected chi connectivity index (χ2v) is 7.79. The highest BCUT2D eigenvalue weighted by molar-refractivity contribution is 6.30. The van der Waals surface area contributed by atoms with Gasteiger partial charge in [0, 0.05) is 16.8 Å². The van der Waals surface area contributed by atoms with Crippen LogP contribution in [0, 0.1) is 0 Å². The Morgan fingerprint density at radius 3 is 2.71 bits per heavy atom. The van der Waals surface area contributed by atoms with Gasteiger partial charge in [-0.25, -0.2) is 4.98 Å². The minimum atomic E-state index is -0.491. The van der Waals surface area contributed by atoms with Crippen molar-refractivity contribution in [2.75, 3.05) is 0 Å². The number of aliphatic hydroxyl groups is 1. The van der Waals surface area contributed by atoms with Gasteiger partial charge < -0.3 is 15.2 Å². The molecule has 0 bridgehead atoms. The van der Waals surface area contributed by atoms with Crippen LogP contribution >= 0.6 is 11.6 Å². The molecule has 1 aromatic carbocycles. The van der Waals surface area contributed by atoms with Crippen LogP contribution in [-0.4, -0.2) is 34.2 Å². The molecule has 1 heterocycles. The number of ether oxygens (including phenoxy) is 1. The van der Waals surface area contributed by atoms with Crippen molar-refractivity contribution in [1.29, 1.82) is 0 Å². The smallest absolute Gasteiger partial charge is 0.253 e. The average Bonchev–Trinajstić information content (AvgIpc) is 2.70. The van der Waals surface area contributed by atoms with E-state index in [9.17, 15) is 9.90 Å². The molecule has 1 saturated carbocycles. The van der Waals surface area contributed by atoms with E-state index in [2.05, 4.69) is 10.3 Å². The normalized spacial score (nSPS) is 20.4. The Hall–Kier alpha value is -2.11. The first-order valence-corrected chi connectivity index (χ1v) is 10.3. The fourth-order valence-electron chi connectivity index (χ4n) is 3.31. The predicted octanol–water partition coefficient (Wildman–Crippen LogP) is 4.61. The number of carbonyl (C=O) groups is 1. The Kier molecular flexibility index (Phi) is 6.92. The van der Waals surface area contributed by atoms with E-state index in [0.29, 0.717) is 16.5 Å². The van der Waals surface area contributed by atoms with Crippen LogP contribution in [0.5, 0.6) is 5.88 Å². The first-order valence-electron chi connectivity index (χ1n) is 9.89. The van der Waals surface area contributed by atoms with Gasteiger partial charge in [0.2, 0.25) is 5.88 Å². The summed E-state index contributed by atoms with van der Waals surface area (Å²) in [5, 5.41) is 13.7. The number of nitrogens with one attached hydrogen (secondary N) is 1. The van der Waals surface area contributed by atoms with E-state index in [0.717, 1.165) is 43.2 Å². The van der Waals surface area contributed by atoms with Crippen molar-refractivity contribution >= 4 is 17.5 Å². The first-order chi connectivity index (χ1) is 13.5. The number of nitrogens with zero attached hydrogens (tertiary/aromatic N) is 1. The predicted molar refractivity (Wildman–Crippen MR) is 111 cm³/mol. The van der Waals surface area contributed by atoms with E-state index >= 15 is 0 Å². The molecule has 2 aromatic rings. The third kappa shape index (κ3) is 5.03. The Morgan fingerprint density at radius 2 is 2.04 bits per heavy atom. The number of hydrogen-bond donors (Lipinski definition) is 2. The standard InChI is InChI=1S/C22H27ClN2O3/c1-3-14(2)28-22-18(15-8-10-17(23)11-9-15)12-16(13-24-22)21(27)25-19-6-4-5-7-20(19)26/h8-14,19-20,26H,3-7H2,1-2H3,(H,25,27)/t14?,19-,20-/m1/s1. The van der Waals surface area contributed by atoms with Crippen LogP contribution in [0.2, 0.25) is 5.02 Å². The minimum Gasteiger partial charge on any atom is -0.474 e. The number of hydrogen-bond acceptors (Lipinski definition) is 4. The Balaban J connectivity index is 1.89. The monoisotopic (exact) mass is 402 g/mol. The highest BCUT2D eigenvalue weighted by Crippen LogP contribution is 2.31. The van der Waals surface area contributed by atoms with Gasteiger partial charge in [-0.15, -0.1) is 0 Å².